The van der Waals surface area contributed by atoms with Crippen LogP contribution in [0.2, 0.25) is 0 Å². The van der Waals surface area contributed by atoms with Crippen LogP contribution in [-0.4, -0.2) is 78.7 Å². The van der Waals surface area contributed by atoms with E-state index >= 15 is 0 Å². The summed E-state index contributed by atoms with van der Waals surface area (Å²) in [4.78, 5) is 28.1. The number of rotatable bonds is 7. The maximum absolute atomic E-state index is 11.5. The zero-order chi connectivity index (χ0) is 20.6. The number of hydrogen-bond donors (Lipinski definition) is 4. The van der Waals surface area contributed by atoms with Gasteiger partial charge in [0.15, 0.2) is 23.4 Å². The summed E-state index contributed by atoms with van der Waals surface area (Å²) in [7, 11) is 0. The number of carboxylic acid groups (broad SMARTS) is 1. The molecule has 0 aromatic carbocycles. The smallest absolute Gasteiger partial charge is 0.362 e. The molecule has 2 heterocycles. The summed E-state index contributed by atoms with van der Waals surface area (Å²) in [5, 5.41) is 34.8. The first-order chi connectivity index (χ1) is 12.7. The van der Waals surface area contributed by atoms with Crippen molar-refractivity contribution in [3.05, 3.63) is 22.2 Å². The van der Waals surface area contributed by atoms with Gasteiger partial charge in [-0.05, 0) is 18.4 Å². The van der Waals surface area contributed by atoms with E-state index in [1.54, 1.807) is 6.26 Å². The number of nitrogens with two attached hydrogens (primary N) is 2. The van der Waals surface area contributed by atoms with Gasteiger partial charge in [-0.3, -0.25) is 4.99 Å². The van der Waals surface area contributed by atoms with Gasteiger partial charge in [0.05, 0.1) is 0 Å². The largest absolute Gasteiger partial charge is 0.857 e. The minimum atomic E-state index is -0.889. The van der Waals surface area contributed by atoms with Gasteiger partial charge in [-0.25, -0.2) is 19.3 Å². The summed E-state index contributed by atoms with van der Waals surface area (Å²) in [5.41, 5.74) is 13.6. The van der Waals surface area contributed by atoms with Crippen LogP contribution in [0.15, 0.2) is 27.2 Å². The predicted molar refractivity (Wildman–Crippen MR) is 101 cm³/mol. The van der Waals surface area contributed by atoms with Gasteiger partial charge >= 0.3 is 5.97 Å². The van der Waals surface area contributed by atoms with Crippen LogP contribution >= 0.6 is 11.9 Å². The number of carboxylic acids is 1. The molecule has 2 aliphatic rings. The van der Waals surface area contributed by atoms with E-state index in [0.29, 0.717) is 24.5 Å². The third-order valence-electron chi connectivity index (χ3n) is 3.00. The first-order valence-electron chi connectivity index (χ1n) is 7.37. The molecule has 0 bridgehead atoms. The van der Waals surface area contributed by atoms with Gasteiger partial charge in [-0.1, -0.05) is 0 Å². The number of quaternary nitrogens is 1. The number of carbonyl (C=O) groups is 1. The lowest BCUT2D eigenvalue weighted by molar-refractivity contribution is -0.664. The lowest BCUT2D eigenvalue weighted by Gasteiger charge is -2.31. The summed E-state index contributed by atoms with van der Waals surface area (Å²) in [5.74, 6) is -1.44. The number of hydrazine groups is 2. The van der Waals surface area contributed by atoms with E-state index in [1.165, 1.54) is 16.4 Å². The molecule has 0 radical (unpaired) electrons. The van der Waals surface area contributed by atoms with Gasteiger partial charge in [0.25, 0.3) is 5.96 Å². The lowest BCUT2D eigenvalue weighted by atomic mass is 10.2. The van der Waals surface area contributed by atoms with E-state index < -0.39 is 22.9 Å². The van der Waals surface area contributed by atoms with Gasteiger partial charge < -0.3 is 38.4 Å². The first-order valence-corrected chi connectivity index (χ1v) is 8.55. The van der Waals surface area contributed by atoms with Crippen molar-refractivity contribution >= 4 is 36.2 Å². The highest BCUT2D eigenvalue weighted by Gasteiger charge is 2.34. The number of nitro groups is 1. The first kappa shape index (κ1) is 27.9. The molecule has 0 aromatic rings. The van der Waals surface area contributed by atoms with Gasteiger partial charge in [-0.2, -0.15) is 10.0 Å². The fourth-order valence-electron chi connectivity index (χ4n) is 1.71. The molecule has 0 amide bonds. The van der Waals surface area contributed by atoms with Crippen molar-refractivity contribution in [2.24, 2.45) is 26.6 Å². The topological polar surface area (TPSA) is 293 Å². The van der Waals surface area contributed by atoms with Gasteiger partial charge in [0.1, 0.15) is 0 Å². The Morgan fingerprint density at radius 1 is 1.48 bits per heavy atom. The molecule has 0 aliphatic carbocycles. The Bertz CT molecular complexity index is 681. The number of nitrogens with zero attached hydrogens (tertiary/aromatic N) is 7. The van der Waals surface area contributed by atoms with E-state index in [1.807, 2.05) is 0 Å². The maximum atomic E-state index is 11.5. The summed E-state index contributed by atoms with van der Waals surface area (Å²) in [6.07, 6.45) is 4.91. The number of hydrogen-bond acceptors (Lipinski definition) is 10. The van der Waals surface area contributed by atoms with E-state index in [0.717, 1.165) is 17.5 Å². The molecule has 166 valence electrons. The third kappa shape index (κ3) is 8.47. The van der Waals surface area contributed by atoms with Crippen molar-refractivity contribution in [1.29, 1.82) is 0 Å². The molecule has 2 aliphatic heterocycles. The Kier molecular flexibility index (Phi) is 12.4. The van der Waals surface area contributed by atoms with Crippen LogP contribution in [0.3, 0.4) is 0 Å². The minimum absolute atomic E-state index is 0. The van der Waals surface area contributed by atoms with Crippen LogP contribution in [-0.2, 0) is 4.79 Å². The van der Waals surface area contributed by atoms with Crippen LogP contribution in [0.4, 0.5) is 0 Å². The standard InChI is InChI=1S/C6H14N4O2.C5H6N6O3S.2H2O/c7-4(5(11)12)2-1-3-10-6(8)9;1-15-8-2-4(12)10-5(7-8)6-3-9(10)11(13)14;;/h4H,1-3,7H2,(H,11,12)(H4,8,9,10);2-3,12H,1H3;2*1H2/t4-;;;/m0.../s1. The predicted octanol–water partition coefficient (Wildman–Crippen LogP) is -5.15. The molecule has 2 rings (SSSR count). The molecule has 18 heteroatoms. The summed E-state index contributed by atoms with van der Waals surface area (Å²) >= 11 is 1.19. The van der Waals surface area contributed by atoms with Crippen molar-refractivity contribution in [2.45, 2.75) is 18.9 Å². The quantitative estimate of drug-likeness (QED) is 0.0724. The second kappa shape index (κ2) is 12.9. The zero-order valence-corrected chi connectivity index (χ0v) is 16.2. The number of guanidine groups is 2. The van der Waals surface area contributed by atoms with Crippen LogP contribution in [0.1, 0.15) is 12.8 Å². The van der Waals surface area contributed by atoms with E-state index in [-0.39, 0.29) is 22.9 Å². The van der Waals surface area contributed by atoms with Crippen molar-refractivity contribution in [3.8, 4) is 0 Å². The van der Waals surface area contributed by atoms with Crippen LogP contribution in [0, 0.1) is 10.1 Å². The third-order valence-corrected chi connectivity index (χ3v) is 3.56. The van der Waals surface area contributed by atoms with Crippen molar-refractivity contribution in [2.75, 3.05) is 12.8 Å². The Balaban J connectivity index is 0. The molecule has 0 aromatic heterocycles. The van der Waals surface area contributed by atoms with E-state index in [9.17, 15) is 20.0 Å². The fourth-order valence-corrected chi connectivity index (χ4v) is 2.06. The van der Waals surface area contributed by atoms with Gasteiger partial charge in [0.2, 0.25) is 0 Å². The normalized spacial score (nSPS) is 14.8. The van der Waals surface area contributed by atoms with Gasteiger partial charge in [-0.15, -0.1) is 5.10 Å². The number of aliphatic carboxylic acids is 1. The van der Waals surface area contributed by atoms with Crippen molar-refractivity contribution in [3.63, 3.8) is 0 Å². The average molecular weight is 440 g/mol. The maximum Gasteiger partial charge on any atom is 0.362 e. The molecule has 17 nitrogen and oxygen atoms in total. The van der Waals surface area contributed by atoms with E-state index in [2.05, 4.69) is 20.8 Å². The molecule has 1 atom stereocenters. The second-order valence-corrected chi connectivity index (χ2v) is 5.69. The zero-order valence-electron chi connectivity index (χ0n) is 15.3. The lowest BCUT2D eigenvalue weighted by Crippen LogP contribution is -2.64. The van der Waals surface area contributed by atoms with Crippen LogP contribution in [0.25, 0.3) is 0 Å². The number of aliphatic imine (C=N–C) groups is 2. The minimum Gasteiger partial charge on any atom is -0.857 e. The summed E-state index contributed by atoms with van der Waals surface area (Å²) in [6.45, 7) is 0.460. The van der Waals surface area contributed by atoms with Crippen molar-refractivity contribution in [1.82, 2.24) is 14.5 Å². The Morgan fingerprint density at radius 3 is 2.59 bits per heavy atom. The van der Waals surface area contributed by atoms with Crippen LogP contribution in [0.5, 0.6) is 0 Å². The molecule has 0 saturated heterocycles. The highest BCUT2D eigenvalue weighted by atomic mass is 32.2. The number of fused-ring (bicyclic) bond motifs is 1. The average Bonchev–Trinajstić information content (AvgIpc) is 3.03. The fraction of sp³-hybridized carbons (Fsp3) is 0.455. The Labute approximate surface area is 168 Å². The summed E-state index contributed by atoms with van der Waals surface area (Å²) < 4.78 is 1.29. The molecule has 0 fully saturated rings. The molecule has 29 heavy (non-hydrogen) atoms. The second-order valence-electron chi connectivity index (χ2n) is 4.95. The highest BCUT2D eigenvalue weighted by Crippen LogP contribution is 2.20. The highest BCUT2D eigenvalue weighted by molar-refractivity contribution is 7.96. The molecule has 0 spiro atoms. The van der Waals surface area contributed by atoms with Gasteiger partial charge in [0, 0.05) is 36.4 Å². The molecular weight excluding hydrogens is 416 g/mol. The Hall–Kier alpha value is -3.35. The molecular formula is C11H24N10O7S. The van der Waals surface area contributed by atoms with Crippen molar-refractivity contribution < 1.29 is 36.7 Å². The molecule has 12 N–H and O–H groups in total. The monoisotopic (exact) mass is 440 g/mol. The summed E-state index contributed by atoms with van der Waals surface area (Å²) in [6, 6.07) is -0.570. The van der Waals surface area contributed by atoms with Crippen LogP contribution < -0.4 is 22.3 Å². The Morgan fingerprint density at radius 2 is 2.10 bits per heavy atom. The SMILES string of the molecule is CSN1C=C([O-])N2C(=N1)N=CN2[N+](=O)[O-].NC(N)=NCCC[C@H]([NH3+])C(=O)O.O.O. The molecule has 0 unspecified atom stereocenters. The molecule has 0 saturated carbocycles. The van der Waals surface area contributed by atoms with E-state index in [4.69, 9.17) is 16.6 Å². The number of hydrazone groups is 1.